The van der Waals surface area contributed by atoms with E-state index in [1.54, 1.807) is 67.6 Å². The van der Waals surface area contributed by atoms with Gasteiger partial charge in [0.2, 0.25) is 11.8 Å². The van der Waals surface area contributed by atoms with Crippen LogP contribution in [0.3, 0.4) is 0 Å². The Kier molecular flexibility index (Phi) is 10.4. The Balaban J connectivity index is 2.01. The van der Waals surface area contributed by atoms with Crippen LogP contribution in [0.4, 0.5) is 5.69 Å². The van der Waals surface area contributed by atoms with Gasteiger partial charge in [-0.3, -0.25) is 13.9 Å². The van der Waals surface area contributed by atoms with Gasteiger partial charge in [-0.1, -0.05) is 79.0 Å². The molecule has 0 heterocycles. The first-order chi connectivity index (χ1) is 18.4. The van der Waals surface area contributed by atoms with Gasteiger partial charge in [0.05, 0.1) is 10.6 Å². The number of hydrogen-bond donors (Lipinski definition) is 1. The summed E-state index contributed by atoms with van der Waals surface area (Å²) >= 11 is 12.5. The van der Waals surface area contributed by atoms with E-state index in [-0.39, 0.29) is 23.3 Å². The number of nitrogens with zero attached hydrogens (tertiary/aromatic N) is 2. The highest BCUT2D eigenvalue weighted by molar-refractivity contribution is 7.92. The van der Waals surface area contributed by atoms with Crippen molar-refractivity contribution in [1.82, 2.24) is 10.2 Å². The molecule has 10 heteroatoms. The summed E-state index contributed by atoms with van der Waals surface area (Å²) in [5.41, 5.74) is 1.85. The Labute approximate surface area is 240 Å². The average molecular weight is 591 g/mol. The van der Waals surface area contributed by atoms with Gasteiger partial charge in [0, 0.05) is 23.1 Å². The van der Waals surface area contributed by atoms with Crippen LogP contribution in [0, 0.1) is 12.8 Å². The van der Waals surface area contributed by atoms with Crippen LogP contribution in [0.25, 0.3) is 0 Å². The Morgan fingerprint density at radius 1 is 0.923 bits per heavy atom. The summed E-state index contributed by atoms with van der Waals surface area (Å²) in [6, 6.07) is 18.8. The Morgan fingerprint density at radius 3 is 2.15 bits per heavy atom. The number of halogens is 2. The lowest BCUT2D eigenvalue weighted by Crippen LogP contribution is -2.51. The van der Waals surface area contributed by atoms with Crippen molar-refractivity contribution in [2.45, 2.75) is 45.2 Å². The molecule has 0 spiro atoms. The Morgan fingerprint density at radius 2 is 1.56 bits per heavy atom. The summed E-state index contributed by atoms with van der Waals surface area (Å²) in [5.74, 6) is -0.702. The minimum absolute atomic E-state index is 0.0157. The molecular weight excluding hydrogens is 557 g/mol. The van der Waals surface area contributed by atoms with E-state index in [2.05, 4.69) is 5.32 Å². The van der Waals surface area contributed by atoms with Gasteiger partial charge in [0.1, 0.15) is 12.6 Å². The number of carbonyl (C=O) groups excluding carboxylic acids is 2. The molecule has 3 aromatic carbocycles. The van der Waals surface area contributed by atoms with E-state index in [4.69, 9.17) is 23.2 Å². The molecule has 1 N–H and O–H groups in total. The quantitative estimate of drug-likeness (QED) is 0.311. The number of rotatable bonds is 11. The SMILES string of the molecule is Cc1ccc(N(CC(=O)N(Cc2ccc(Cl)cc2Cl)[C@@H](C)C(=O)NCC(C)C)S(=O)(=O)c2ccccc2)cc1. The van der Waals surface area contributed by atoms with Gasteiger partial charge in [-0.15, -0.1) is 0 Å². The topological polar surface area (TPSA) is 86.8 Å². The van der Waals surface area contributed by atoms with Crippen molar-refractivity contribution >= 4 is 50.7 Å². The number of hydrogen-bond acceptors (Lipinski definition) is 4. The second kappa shape index (κ2) is 13.3. The molecule has 0 aliphatic heterocycles. The second-order valence-electron chi connectivity index (χ2n) is 9.73. The zero-order valence-electron chi connectivity index (χ0n) is 22.4. The summed E-state index contributed by atoms with van der Waals surface area (Å²) < 4.78 is 28.6. The molecule has 0 bridgehead atoms. The van der Waals surface area contributed by atoms with Gasteiger partial charge in [-0.2, -0.15) is 0 Å². The molecule has 0 radical (unpaired) electrons. The normalized spacial score (nSPS) is 12.2. The fraction of sp³-hybridized carbons (Fsp3) is 0.310. The highest BCUT2D eigenvalue weighted by atomic mass is 35.5. The van der Waals surface area contributed by atoms with Gasteiger partial charge in [-0.05, 0) is 61.7 Å². The molecule has 0 fully saturated rings. The summed E-state index contributed by atoms with van der Waals surface area (Å²) in [5, 5.41) is 3.62. The largest absolute Gasteiger partial charge is 0.354 e. The van der Waals surface area contributed by atoms with Crippen molar-refractivity contribution < 1.29 is 18.0 Å². The molecule has 3 rings (SSSR count). The lowest BCUT2D eigenvalue weighted by atomic mass is 10.1. The van der Waals surface area contributed by atoms with E-state index < -0.39 is 28.5 Å². The molecule has 3 aromatic rings. The molecular formula is C29H33Cl2N3O4S. The van der Waals surface area contributed by atoms with Gasteiger partial charge in [-0.25, -0.2) is 8.42 Å². The summed E-state index contributed by atoms with van der Waals surface area (Å²) in [7, 11) is -4.11. The third-order valence-electron chi connectivity index (χ3n) is 6.14. The van der Waals surface area contributed by atoms with Crippen molar-refractivity contribution in [1.29, 1.82) is 0 Å². The fourth-order valence-corrected chi connectivity index (χ4v) is 5.73. The van der Waals surface area contributed by atoms with Crippen LogP contribution in [0.1, 0.15) is 31.9 Å². The number of nitrogens with one attached hydrogen (secondary N) is 1. The minimum Gasteiger partial charge on any atom is -0.354 e. The Hall–Kier alpha value is -3.07. The highest BCUT2D eigenvalue weighted by Gasteiger charge is 2.32. The predicted molar refractivity (Wildman–Crippen MR) is 156 cm³/mol. The standard InChI is InChI=1S/C29H33Cl2N3O4S/c1-20(2)17-32-29(36)22(4)33(18-23-12-13-24(30)16-27(23)31)28(35)19-34(25-14-10-21(3)11-15-25)39(37,38)26-8-6-5-7-9-26/h5-16,20,22H,17-19H2,1-4H3,(H,32,36)/t22-/m0/s1. The van der Waals surface area contributed by atoms with Crippen LogP contribution in [0.15, 0.2) is 77.7 Å². The van der Waals surface area contributed by atoms with Crippen molar-refractivity contribution in [3.05, 3.63) is 94.0 Å². The first kappa shape index (κ1) is 30.5. The van der Waals surface area contributed by atoms with Crippen LogP contribution in [0.5, 0.6) is 0 Å². The number of anilines is 1. The summed E-state index contributed by atoms with van der Waals surface area (Å²) in [6.45, 7) is 7.33. The van der Waals surface area contributed by atoms with Crippen LogP contribution in [-0.2, 0) is 26.2 Å². The van der Waals surface area contributed by atoms with Crippen molar-refractivity contribution in [3.63, 3.8) is 0 Å². The van der Waals surface area contributed by atoms with Crippen LogP contribution >= 0.6 is 23.2 Å². The molecule has 0 aliphatic rings. The second-order valence-corrected chi connectivity index (χ2v) is 12.4. The van der Waals surface area contributed by atoms with E-state index in [1.807, 2.05) is 20.8 Å². The van der Waals surface area contributed by atoms with Gasteiger partial charge in [0.25, 0.3) is 10.0 Å². The van der Waals surface area contributed by atoms with Crippen LogP contribution < -0.4 is 9.62 Å². The predicted octanol–water partition coefficient (Wildman–Crippen LogP) is 5.69. The lowest BCUT2D eigenvalue weighted by molar-refractivity contribution is -0.139. The van der Waals surface area contributed by atoms with Crippen molar-refractivity contribution in [3.8, 4) is 0 Å². The van der Waals surface area contributed by atoms with Crippen molar-refractivity contribution in [2.24, 2.45) is 5.92 Å². The van der Waals surface area contributed by atoms with E-state index in [0.717, 1.165) is 9.87 Å². The molecule has 2 amide bonds. The molecule has 39 heavy (non-hydrogen) atoms. The van der Waals surface area contributed by atoms with E-state index in [0.29, 0.717) is 27.8 Å². The zero-order valence-corrected chi connectivity index (χ0v) is 24.7. The number of amides is 2. The molecule has 7 nitrogen and oxygen atoms in total. The number of sulfonamides is 1. The molecule has 0 aliphatic carbocycles. The monoisotopic (exact) mass is 589 g/mol. The van der Waals surface area contributed by atoms with E-state index in [9.17, 15) is 18.0 Å². The van der Waals surface area contributed by atoms with E-state index >= 15 is 0 Å². The lowest BCUT2D eigenvalue weighted by Gasteiger charge is -2.32. The minimum atomic E-state index is -4.11. The number of carbonyl (C=O) groups is 2. The van der Waals surface area contributed by atoms with Crippen LogP contribution in [-0.4, -0.2) is 44.3 Å². The van der Waals surface area contributed by atoms with E-state index in [1.165, 1.54) is 17.0 Å². The van der Waals surface area contributed by atoms with Crippen LogP contribution in [0.2, 0.25) is 10.0 Å². The third kappa shape index (κ3) is 7.97. The summed E-state index contributed by atoms with van der Waals surface area (Å²) in [4.78, 5) is 28.3. The maximum atomic E-state index is 13.9. The molecule has 0 aromatic heterocycles. The number of aryl methyl sites for hydroxylation is 1. The van der Waals surface area contributed by atoms with Gasteiger partial charge >= 0.3 is 0 Å². The highest BCUT2D eigenvalue weighted by Crippen LogP contribution is 2.26. The maximum absolute atomic E-state index is 13.9. The molecule has 1 atom stereocenters. The van der Waals surface area contributed by atoms with Gasteiger partial charge in [0.15, 0.2) is 0 Å². The first-order valence-electron chi connectivity index (χ1n) is 12.6. The fourth-order valence-electron chi connectivity index (χ4n) is 3.83. The first-order valence-corrected chi connectivity index (χ1v) is 14.7. The Bertz CT molecular complexity index is 1400. The third-order valence-corrected chi connectivity index (χ3v) is 8.51. The maximum Gasteiger partial charge on any atom is 0.264 e. The molecule has 0 unspecified atom stereocenters. The smallest absolute Gasteiger partial charge is 0.264 e. The van der Waals surface area contributed by atoms with Gasteiger partial charge < -0.3 is 10.2 Å². The average Bonchev–Trinajstić information content (AvgIpc) is 2.90. The molecule has 0 saturated heterocycles. The van der Waals surface area contributed by atoms with Crippen molar-refractivity contribution in [2.75, 3.05) is 17.4 Å². The number of benzene rings is 3. The zero-order chi connectivity index (χ0) is 28.7. The summed E-state index contributed by atoms with van der Waals surface area (Å²) in [6.07, 6.45) is 0. The molecule has 0 saturated carbocycles. The molecule has 208 valence electrons.